The third-order valence-electron chi connectivity index (χ3n) is 5.17. The van der Waals surface area contributed by atoms with Gasteiger partial charge in [0.2, 0.25) is 0 Å². The van der Waals surface area contributed by atoms with Crippen LogP contribution in [0.15, 0.2) is 47.5 Å². The molecule has 0 unspecified atom stereocenters. The number of benzene rings is 1. The van der Waals surface area contributed by atoms with E-state index in [-0.39, 0.29) is 18.3 Å². The van der Waals surface area contributed by atoms with E-state index in [4.69, 9.17) is 9.31 Å². The number of hydrogen-bond acceptors (Lipinski definition) is 2. The minimum atomic E-state index is -0.290. The molecule has 1 saturated heterocycles. The van der Waals surface area contributed by atoms with Gasteiger partial charge in [-0.3, -0.25) is 0 Å². The van der Waals surface area contributed by atoms with E-state index < -0.39 is 0 Å². The van der Waals surface area contributed by atoms with Crippen LogP contribution in [-0.2, 0) is 9.31 Å². The normalized spacial score (nSPS) is 23.7. The fourth-order valence-electron chi connectivity index (χ4n) is 3.04. The first-order valence-electron chi connectivity index (χ1n) is 8.09. The molecule has 116 valence electrons. The largest absolute Gasteiger partial charge is 0.491 e. The van der Waals surface area contributed by atoms with Gasteiger partial charge in [0.05, 0.1) is 11.2 Å². The van der Waals surface area contributed by atoms with Crippen molar-refractivity contribution in [3.05, 3.63) is 53.0 Å². The van der Waals surface area contributed by atoms with Gasteiger partial charge in [-0.25, -0.2) is 0 Å². The summed E-state index contributed by atoms with van der Waals surface area (Å²) >= 11 is 0. The van der Waals surface area contributed by atoms with Crippen molar-refractivity contribution in [1.82, 2.24) is 0 Å². The molecular weight excluding hydrogens is 271 g/mol. The smallest absolute Gasteiger partial charge is 0.400 e. The van der Waals surface area contributed by atoms with Gasteiger partial charge in [-0.05, 0) is 64.1 Å². The summed E-state index contributed by atoms with van der Waals surface area (Å²) in [6, 6.07) is 10.6. The van der Waals surface area contributed by atoms with Crippen molar-refractivity contribution in [3.63, 3.8) is 0 Å². The molecule has 0 aromatic heterocycles. The van der Waals surface area contributed by atoms with Crippen LogP contribution in [0.2, 0.25) is 0 Å². The Morgan fingerprint density at radius 1 is 0.955 bits per heavy atom. The summed E-state index contributed by atoms with van der Waals surface area (Å²) < 4.78 is 12.6. The molecule has 1 aromatic carbocycles. The molecule has 3 heteroatoms. The van der Waals surface area contributed by atoms with Crippen LogP contribution in [0.5, 0.6) is 0 Å². The van der Waals surface area contributed by atoms with Crippen molar-refractivity contribution >= 4 is 12.7 Å². The van der Waals surface area contributed by atoms with Gasteiger partial charge in [0.25, 0.3) is 0 Å². The van der Waals surface area contributed by atoms with E-state index in [2.05, 4.69) is 71.0 Å². The van der Waals surface area contributed by atoms with E-state index in [1.54, 1.807) is 0 Å². The van der Waals surface area contributed by atoms with Gasteiger partial charge in [-0.15, -0.1) is 0 Å². The molecule has 2 aliphatic rings. The van der Waals surface area contributed by atoms with Gasteiger partial charge in [-0.1, -0.05) is 42.0 Å². The molecule has 0 N–H and O–H groups in total. The SMILES string of the molecule is CC1=CCC(c2ccccc2)=C(B2OC(C)(C)C(C)(C)O2)C1. The monoisotopic (exact) mass is 296 g/mol. The van der Waals surface area contributed by atoms with Crippen LogP contribution in [-0.4, -0.2) is 18.3 Å². The van der Waals surface area contributed by atoms with E-state index in [0.29, 0.717) is 0 Å². The molecule has 1 fully saturated rings. The maximum Gasteiger partial charge on any atom is 0.491 e. The molecule has 0 bridgehead atoms. The highest BCUT2D eigenvalue weighted by atomic mass is 16.7. The Bertz CT molecular complexity index is 610. The predicted octanol–water partition coefficient (Wildman–Crippen LogP) is 4.81. The highest BCUT2D eigenvalue weighted by Gasteiger charge is 2.52. The van der Waals surface area contributed by atoms with Crippen molar-refractivity contribution in [3.8, 4) is 0 Å². The average molecular weight is 296 g/mol. The van der Waals surface area contributed by atoms with Gasteiger partial charge in [0, 0.05) is 0 Å². The maximum absolute atomic E-state index is 6.30. The molecule has 22 heavy (non-hydrogen) atoms. The number of rotatable bonds is 2. The van der Waals surface area contributed by atoms with Crippen molar-refractivity contribution < 1.29 is 9.31 Å². The highest BCUT2D eigenvalue weighted by Crippen LogP contribution is 2.43. The standard InChI is InChI=1S/C19H25BO2/c1-14-11-12-16(15-9-7-6-8-10-15)17(13-14)20-21-18(2,3)19(4,5)22-20/h6-11H,12-13H2,1-5H3. The van der Waals surface area contributed by atoms with Gasteiger partial charge in [0.1, 0.15) is 0 Å². The summed E-state index contributed by atoms with van der Waals surface area (Å²) in [6.07, 6.45) is 4.20. The Labute approximate surface area is 134 Å². The predicted molar refractivity (Wildman–Crippen MR) is 92.4 cm³/mol. The zero-order chi connectivity index (χ0) is 16.0. The van der Waals surface area contributed by atoms with E-state index >= 15 is 0 Å². The van der Waals surface area contributed by atoms with Crippen molar-refractivity contribution in [2.45, 2.75) is 58.7 Å². The van der Waals surface area contributed by atoms with E-state index in [0.717, 1.165) is 12.8 Å². The molecule has 1 aromatic rings. The molecule has 0 atom stereocenters. The molecule has 3 rings (SSSR count). The molecule has 0 radical (unpaired) electrons. The molecule has 2 nitrogen and oxygen atoms in total. The molecule has 1 heterocycles. The van der Waals surface area contributed by atoms with Crippen LogP contribution in [0, 0.1) is 0 Å². The summed E-state index contributed by atoms with van der Waals surface area (Å²) in [7, 11) is -0.246. The molecule has 0 saturated carbocycles. The summed E-state index contributed by atoms with van der Waals surface area (Å²) in [4.78, 5) is 0. The summed E-state index contributed by atoms with van der Waals surface area (Å²) in [5.74, 6) is 0. The van der Waals surface area contributed by atoms with Gasteiger partial charge in [0.15, 0.2) is 0 Å². The lowest BCUT2D eigenvalue weighted by molar-refractivity contribution is 0.00578. The van der Waals surface area contributed by atoms with Crippen LogP contribution in [0.3, 0.4) is 0 Å². The topological polar surface area (TPSA) is 18.5 Å². The molecule has 0 amide bonds. The molecule has 1 aliphatic heterocycles. The summed E-state index contributed by atoms with van der Waals surface area (Å²) in [5, 5.41) is 0. The lowest BCUT2D eigenvalue weighted by Gasteiger charge is -2.32. The Morgan fingerprint density at radius 3 is 2.14 bits per heavy atom. The van der Waals surface area contributed by atoms with Crippen LogP contribution in [0.1, 0.15) is 53.0 Å². The van der Waals surface area contributed by atoms with E-state index in [9.17, 15) is 0 Å². The first-order chi connectivity index (χ1) is 10.3. The zero-order valence-corrected chi connectivity index (χ0v) is 14.3. The highest BCUT2D eigenvalue weighted by molar-refractivity contribution is 6.56. The Hall–Kier alpha value is -1.32. The van der Waals surface area contributed by atoms with Gasteiger partial charge in [-0.2, -0.15) is 0 Å². The van der Waals surface area contributed by atoms with Crippen LogP contribution in [0.4, 0.5) is 0 Å². The van der Waals surface area contributed by atoms with Crippen LogP contribution >= 0.6 is 0 Å². The van der Waals surface area contributed by atoms with Crippen molar-refractivity contribution in [1.29, 1.82) is 0 Å². The fraction of sp³-hybridized carbons (Fsp3) is 0.474. The van der Waals surface area contributed by atoms with Crippen LogP contribution < -0.4 is 0 Å². The summed E-state index contributed by atoms with van der Waals surface area (Å²) in [5.41, 5.74) is 4.72. The fourth-order valence-corrected chi connectivity index (χ4v) is 3.04. The second-order valence-electron chi connectivity index (χ2n) is 7.39. The molecule has 0 spiro atoms. The Balaban J connectivity index is 2.00. The second kappa shape index (κ2) is 5.40. The Morgan fingerprint density at radius 2 is 1.55 bits per heavy atom. The zero-order valence-electron chi connectivity index (χ0n) is 14.3. The summed E-state index contributed by atoms with van der Waals surface area (Å²) in [6.45, 7) is 10.6. The second-order valence-corrected chi connectivity index (χ2v) is 7.39. The van der Waals surface area contributed by atoms with E-state index in [1.807, 2.05) is 0 Å². The first kappa shape index (κ1) is 15.6. The minimum Gasteiger partial charge on any atom is -0.400 e. The first-order valence-corrected chi connectivity index (χ1v) is 8.09. The maximum atomic E-state index is 6.30. The number of hydrogen-bond donors (Lipinski definition) is 0. The number of allylic oxidation sites excluding steroid dienone is 4. The van der Waals surface area contributed by atoms with Gasteiger partial charge >= 0.3 is 7.12 Å². The van der Waals surface area contributed by atoms with Crippen LogP contribution in [0.25, 0.3) is 5.57 Å². The molecule has 1 aliphatic carbocycles. The van der Waals surface area contributed by atoms with Gasteiger partial charge < -0.3 is 9.31 Å². The lowest BCUT2D eigenvalue weighted by Crippen LogP contribution is -2.41. The Kier molecular flexibility index (Phi) is 3.82. The van der Waals surface area contributed by atoms with E-state index in [1.165, 1.54) is 22.2 Å². The average Bonchev–Trinajstić information content (AvgIpc) is 2.68. The van der Waals surface area contributed by atoms with Crippen molar-refractivity contribution in [2.24, 2.45) is 0 Å². The lowest BCUT2D eigenvalue weighted by atomic mass is 9.68. The molecular formula is C19H25BO2. The quantitative estimate of drug-likeness (QED) is 0.576. The third kappa shape index (κ3) is 2.68. The minimum absolute atomic E-state index is 0.246. The third-order valence-corrected chi connectivity index (χ3v) is 5.17. The van der Waals surface area contributed by atoms with Crippen molar-refractivity contribution in [2.75, 3.05) is 0 Å².